The van der Waals surface area contributed by atoms with Crippen LogP contribution in [-0.4, -0.2) is 10.9 Å². The summed E-state index contributed by atoms with van der Waals surface area (Å²) < 4.78 is 0. The summed E-state index contributed by atoms with van der Waals surface area (Å²) in [5.74, 6) is 0.0646. The molecule has 0 aliphatic rings. The van der Waals surface area contributed by atoms with E-state index in [9.17, 15) is 4.79 Å². The summed E-state index contributed by atoms with van der Waals surface area (Å²) in [4.78, 5) is 16.0. The molecule has 0 spiro atoms. The van der Waals surface area contributed by atoms with Crippen LogP contribution in [0.1, 0.15) is 28.8 Å². The molecule has 1 heterocycles. The maximum atomic E-state index is 11.8. The summed E-state index contributed by atoms with van der Waals surface area (Å²) in [5.41, 5.74) is 4.59. The molecular weight excluding hydrogens is 248 g/mol. The first-order valence-electron chi connectivity index (χ1n) is 6.87. The Hall–Kier alpha value is -2.16. The van der Waals surface area contributed by atoms with Crippen LogP contribution in [-0.2, 0) is 17.8 Å². The van der Waals surface area contributed by atoms with E-state index >= 15 is 0 Å². The Morgan fingerprint density at radius 3 is 2.55 bits per heavy atom. The van der Waals surface area contributed by atoms with Crippen molar-refractivity contribution in [2.24, 2.45) is 0 Å². The minimum absolute atomic E-state index is 0.0646. The largest absolute Gasteiger partial charge is 0.350 e. The van der Waals surface area contributed by atoms with E-state index in [1.165, 1.54) is 16.7 Å². The number of aryl methyl sites for hydroxylation is 3. The number of pyridine rings is 1. The van der Waals surface area contributed by atoms with Crippen molar-refractivity contribution in [3.05, 3.63) is 65.0 Å². The normalized spacial score (nSPS) is 10.3. The molecule has 0 saturated carbocycles. The molecule has 3 nitrogen and oxygen atoms in total. The smallest absolute Gasteiger partial charge is 0.220 e. The van der Waals surface area contributed by atoms with Crippen molar-refractivity contribution in [3.63, 3.8) is 0 Å². The van der Waals surface area contributed by atoms with E-state index in [4.69, 9.17) is 0 Å². The molecule has 0 aliphatic carbocycles. The third kappa shape index (κ3) is 4.50. The topological polar surface area (TPSA) is 42.0 Å². The average Bonchev–Trinajstić information content (AvgIpc) is 2.43. The van der Waals surface area contributed by atoms with Gasteiger partial charge in [-0.05, 0) is 38.0 Å². The Morgan fingerprint density at radius 2 is 1.90 bits per heavy atom. The molecule has 3 heteroatoms. The van der Waals surface area contributed by atoms with Gasteiger partial charge in [-0.1, -0.05) is 35.4 Å². The molecule has 0 unspecified atom stereocenters. The zero-order valence-corrected chi connectivity index (χ0v) is 12.0. The van der Waals surface area contributed by atoms with Gasteiger partial charge in [-0.2, -0.15) is 0 Å². The third-order valence-corrected chi connectivity index (χ3v) is 3.12. The zero-order chi connectivity index (χ0) is 14.4. The number of nitrogens with zero attached hydrogens (tertiary/aromatic N) is 1. The lowest BCUT2D eigenvalue weighted by Crippen LogP contribution is -2.23. The number of rotatable bonds is 5. The summed E-state index contributed by atoms with van der Waals surface area (Å²) in [6.45, 7) is 4.65. The molecule has 2 aromatic rings. The fourth-order valence-electron chi connectivity index (χ4n) is 2.25. The second kappa shape index (κ2) is 6.85. The highest BCUT2D eigenvalue weighted by Gasteiger charge is 2.03. The van der Waals surface area contributed by atoms with Crippen molar-refractivity contribution in [1.29, 1.82) is 0 Å². The number of aromatic nitrogens is 1. The predicted octanol–water partition coefficient (Wildman–Crippen LogP) is 2.95. The molecule has 1 amide bonds. The van der Waals surface area contributed by atoms with Gasteiger partial charge in [0.15, 0.2) is 0 Å². The molecule has 1 aromatic heterocycles. The zero-order valence-electron chi connectivity index (χ0n) is 12.0. The van der Waals surface area contributed by atoms with Gasteiger partial charge in [0.2, 0.25) is 5.91 Å². The van der Waals surface area contributed by atoms with E-state index in [2.05, 4.69) is 42.3 Å². The van der Waals surface area contributed by atoms with Gasteiger partial charge in [0.1, 0.15) is 0 Å². The molecule has 0 atom stereocenters. The summed E-state index contributed by atoms with van der Waals surface area (Å²) in [7, 11) is 0. The SMILES string of the molecule is Cc1cc(C)cc(CCC(=O)NCc2ccccn2)c1. The van der Waals surface area contributed by atoms with E-state index in [1.54, 1.807) is 6.20 Å². The predicted molar refractivity (Wildman–Crippen MR) is 80.3 cm³/mol. The number of hydrogen-bond acceptors (Lipinski definition) is 2. The Labute approximate surface area is 120 Å². The lowest BCUT2D eigenvalue weighted by atomic mass is 10.0. The molecule has 1 aromatic carbocycles. The average molecular weight is 268 g/mol. The van der Waals surface area contributed by atoms with Crippen molar-refractivity contribution < 1.29 is 4.79 Å². The van der Waals surface area contributed by atoms with Crippen molar-refractivity contribution >= 4 is 5.91 Å². The van der Waals surface area contributed by atoms with Crippen LogP contribution >= 0.6 is 0 Å². The van der Waals surface area contributed by atoms with Crippen LogP contribution in [0.4, 0.5) is 0 Å². The highest BCUT2D eigenvalue weighted by atomic mass is 16.1. The van der Waals surface area contributed by atoms with Gasteiger partial charge in [-0.3, -0.25) is 9.78 Å². The van der Waals surface area contributed by atoms with E-state index in [0.717, 1.165) is 12.1 Å². The highest BCUT2D eigenvalue weighted by Crippen LogP contribution is 2.10. The lowest BCUT2D eigenvalue weighted by Gasteiger charge is -2.06. The molecule has 20 heavy (non-hydrogen) atoms. The lowest BCUT2D eigenvalue weighted by molar-refractivity contribution is -0.121. The van der Waals surface area contributed by atoms with Crippen LogP contribution in [0.15, 0.2) is 42.6 Å². The van der Waals surface area contributed by atoms with Crippen molar-refractivity contribution in [1.82, 2.24) is 10.3 Å². The molecule has 2 rings (SSSR count). The molecule has 0 fully saturated rings. The first-order valence-corrected chi connectivity index (χ1v) is 6.87. The van der Waals surface area contributed by atoms with Crippen molar-refractivity contribution in [2.45, 2.75) is 33.2 Å². The Morgan fingerprint density at radius 1 is 1.15 bits per heavy atom. The van der Waals surface area contributed by atoms with Crippen LogP contribution in [0.2, 0.25) is 0 Å². The molecule has 104 valence electrons. The Balaban J connectivity index is 1.80. The summed E-state index contributed by atoms with van der Waals surface area (Å²) in [6.07, 6.45) is 3.02. The van der Waals surface area contributed by atoms with Gasteiger partial charge < -0.3 is 5.32 Å². The van der Waals surface area contributed by atoms with E-state index < -0.39 is 0 Å². The fourth-order valence-corrected chi connectivity index (χ4v) is 2.25. The summed E-state index contributed by atoms with van der Waals surface area (Å²) in [5, 5.41) is 2.90. The van der Waals surface area contributed by atoms with E-state index in [-0.39, 0.29) is 5.91 Å². The van der Waals surface area contributed by atoms with Gasteiger partial charge in [0.25, 0.3) is 0 Å². The second-order valence-corrected chi connectivity index (χ2v) is 5.09. The molecule has 0 radical (unpaired) electrons. The number of carbonyl (C=O) groups is 1. The van der Waals surface area contributed by atoms with Gasteiger partial charge in [0.05, 0.1) is 12.2 Å². The summed E-state index contributed by atoms with van der Waals surface area (Å²) >= 11 is 0. The quantitative estimate of drug-likeness (QED) is 0.906. The van der Waals surface area contributed by atoms with E-state index in [1.807, 2.05) is 18.2 Å². The molecule has 0 saturated heterocycles. The number of amides is 1. The van der Waals surface area contributed by atoms with Gasteiger partial charge in [0, 0.05) is 12.6 Å². The molecule has 0 aliphatic heterocycles. The minimum atomic E-state index is 0.0646. The van der Waals surface area contributed by atoms with Gasteiger partial charge in [-0.25, -0.2) is 0 Å². The summed E-state index contributed by atoms with van der Waals surface area (Å²) in [6, 6.07) is 12.1. The van der Waals surface area contributed by atoms with Crippen molar-refractivity contribution in [3.8, 4) is 0 Å². The molecular formula is C17H20N2O. The Bertz CT molecular complexity index is 559. The maximum Gasteiger partial charge on any atom is 0.220 e. The standard InChI is InChI=1S/C17H20N2O/c1-13-9-14(2)11-15(10-13)6-7-17(20)19-12-16-5-3-4-8-18-16/h3-5,8-11H,6-7,12H2,1-2H3,(H,19,20). The number of benzene rings is 1. The maximum absolute atomic E-state index is 11.8. The second-order valence-electron chi connectivity index (χ2n) is 5.09. The number of nitrogens with one attached hydrogen (secondary N) is 1. The number of carbonyl (C=O) groups excluding carboxylic acids is 1. The van der Waals surface area contributed by atoms with Crippen LogP contribution < -0.4 is 5.32 Å². The minimum Gasteiger partial charge on any atom is -0.350 e. The first kappa shape index (κ1) is 14.3. The monoisotopic (exact) mass is 268 g/mol. The van der Waals surface area contributed by atoms with Crippen LogP contribution in [0.25, 0.3) is 0 Å². The van der Waals surface area contributed by atoms with Gasteiger partial charge in [-0.15, -0.1) is 0 Å². The van der Waals surface area contributed by atoms with Crippen molar-refractivity contribution in [2.75, 3.05) is 0 Å². The van der Waals surface area contributed by atoms with Crippen LogP contribution in [0, 0.1) is 13.8 Å². The molecule has 0 bridgehead atoms. The highest BCUT2D eigenvalue weighted by molar-refractivity contribution is 5.76. The molecule has 1 N–H and O–H groups in total. The number of hydrogen-bond donors (Lipinski definition) is 1. The third-order valence-electron chi connectivity index (χ3n) is 3.12. The van der Waals surface area contributed by atoms with Crippen LogP contribution in [0.3, 0.4) is 0 Å². The van der Waals surface area contributed by atoms with Gasteiger partial charge >= 0.3 is 0 Å². The van der Waals surface area contributed by atoms with E-state index in [0.29, 0.717) is 13.0 Å². The Kier molecular flexibility index (Phi) is 4.88. The fraction of sp³-hybridized carbons (Fsp3) is 0.294. The first-order chi connectivity index (χ1) is 9.63. The van der Waals surface area contributed by atoms with Crippen LogP contribution in [0.5, 0.6) is 0 Å².